The van der Waals surface area contributed by atoms with Gasteiger partial charge in [-0.1, -0.05) is 196 Å². The Kier molecular flexibility index (Phi) is 7.74. The van der Waals surface area contributed by atoms with Crippen LogP contribution < -0.4 is 0 Å². The van der Waals surface area contributed by atoms with E-state index in [1.807, 2.05) is 0 Å². The van der Waals surface area contributed by atoms with Gasteiger partial charge in [0.15, 0.2) is 5.82 Å². The van der Waals surface area contributed by atoms with Crippen molar-refractivity contribution in [1.29, 1.82) is 0 Å². The predicted octanol–water partition coefficient (Wildman–Crippen LogP) is 15.1. The molecule has 0 amide bonds. The highest BCUT2D eigenvalue weighted by Crippen LogP contribution is 2.56. The van der Waals surface area contributed by atoms with Gasteiger partial charge in [-0.05, 0) is 108 Å². The third kappa shape index (κ3) is 5.22. The van der Waals surface area contributed by atoms with E-state index in [2.05, 4.69) is 221 Å². The molecule has 2 aliphatic carbocycles. The Hall–Kier alpha value is -7.42. The Morgan fingerprint density at radius 2 is 0.918 bits per heavy atom. The summed E-state index contributed by atoms with van der Waals surface area (Å²) in [5.74, 6) is 0.712. The summed E-state index contributed by atoms with van der Waals surface area (Å²) < 4.78 is 0. The maximum atomic E-state index is 5.48. The largest absolute Gasteiger partial charge is 0.228 e. The van der Waals surface area contributed by atoms with E-state index in [1.54, 1.807) is 0 Å². The van der Waals surface area contributed by atoms with Crippen LogP contribution in [0.5, 0.6) is 0 Å². The Labute approximate surface area is 356 Å². The summed E-state index contributed by atoms with van der Waals surface area (Å²) in [6.07, 6.45) is 0. The van der Waals surface area contributed by atoms with E-state index in [4.69, 9.17) is 9.97 Å². The van der Waals surface area contributed by atoms with Gasteiger partial charge in [0.1, 0.15) is 0 Å². The fourth-order valence-corrected chi connectivity index (χ4v) is 10.7. The lowest BCUT2D eigenvalue weighted by Crippen LogP contribution is -2.22. The van der Waals surface area contributed by atoms with Gasteiger partial charge in [-0.3, -0.25) is 0 Å². The van der Waals surface area contributed by atoms with E-state index in [1.165, 1.54) is 77.4 Å². The highest BCUT2D eigenvalue weighted by Gasteiger charge is 2.41. The van der Waals surface area contributed by atoms with Crippen LogP contribution in [0.1, 0.15) is 48.6 Å². The molecule has 2 aliphatic rings. The molecule has 10 aromatic rings. The summed E-state index contributed by atoms with van der Waals surface area (Å²) in [6.45, 7) is 7.11. The molecule has 0 saturated carbocycles. The molecule has 2 heteroatoms. The molecule has 0 radical (unpaired) electrons. The average molecular weight is 779 g/mol. The van der Waals surface area contributed by atoms with Crippen LogP contribution in [0, 0.1) is 0 Å². The predicted molar refractivity (Wildman–Crippen MR) is 254 cm³/mol. The topological polar surface area (TPSA) is 25.8 Å². The molecule has 12 rings (SSSR count). The molecule has 0 bridgehead atoms. The Morgan fingerprint density at radius 1 is 0.344 bits per heavy atom. The van der Waals surface area contributed by atoms with Crippen molar-refractivity contribution in [3.05, 3.63) is 228 Å². The number of nitrogens with zero attached hydrogens (tertiary/aromatic N) is 2. The van der Waals surface area contributed by atoms with Gasteiger partial charge in [-0.15, -0.1) is 0 Å². The first-order chi connectivity index (χ1) is 29.9. The molecule has 0 fully saturated rings. The summed E-state index contributed by atoms with van der Waals surface area (Å²) >= 11 is 0. The molecule has 1 unspecified atom stereocenters. The third-order valence-corrected chi connectivity index (χ3v) is 13.8. The maximum Gasteiger partial charge on any atom is 0.161 e. The van der Waals surface area contributed by atoms with Crippen molar-refractivity contribution in [2.24, 2.45) is 0 Å². The van der Waals surface area contributed by atoms with Crippen LogP contribution in [0.25, 0.3) is 88.8 Å². The molecule has 1 aromatic heterocycles. The van der Waals surface area contributed by atoms with Crippen molar-refractivity contribution in [3.8, 4) is 67.3 Å². The lowest BCUT2D eigenvalue weighted by Gasteiger charge is -2.28. The third-order valence-electron chi connectivity index (χ3n) is 13.8. The van der Waals surface area contributed by atoms with Crippen molar-refractivity contribution in [1.82, 2.24) is 9.97 Å². The highest BCUT2D eigenvalue weighted by atomic mass is 14.9. The molecule has 9 aromatic carbocycles. The SMILES string of the molecule is CC1(C)c2cccc(-c3ccc(-c4nc(-c5ccccc5)cc(-c5ccc6c(c5)C(C)(c5ccccc5)c5ccccc5-6)n4)c4ccccc34)c2-c2c1ccc1ccccc21. The summed E-state index contributed by atoms with van der Waals surface area (Å²) in [6, 6.07) is 73.1. The molecule has 0 N–H and O–H groups in total. The summed E-state index contributed by atoms with van der Waals surface area (Å²) in [4.78, 5) is 10.8. The minimum atomic E-state index is -0.313. The molecule has 1 atom stereocenters. The molecule has 0 spiro atoms. The second kappa shape index (κ2) is 13.3. The van der Waals surface area contributed by atoms with Gasteiger partial charge in [0, 0.05) is 27.5 Å². The minimum absolute atomic E-state index is 0.124. The second-order valence-electron chi connectivity index (χ2n) is 17.4. The average Bonchev–Trinajstić information content (AvgIpc) is 3.73. The highest BCUT2D eigenvalue weighted by molar-refractivity contribution is 6.11. The minimum Gasteiger partial charge on any atom is -0.228 e. The van der Waals surface area contributed by atoms with E-state index in [0.717, 1.165) is 33.5 Å². The zero-order chi connectivity index (χ0) is 40.9. The maximum absolute atomic E-state index is 5.48. The van der Waals surface area contributed by atoms with Crippen molar-refractivity contribution in [2.45, 2.75) is 31.6 Å². The zero-order valence-electron chi connectivity index (χ0n) is 34.4. The van der Waals surface area contributed by atoms with Crippen LogP contribution in [0.3, 0.4) is 0 Å². The van der Waals surface area contributed by atoms with Crippen molar-refractivity contribution in [3.63, 3.8) is 0 Å². The van der Waals surface area contributed by atoms with E-state index in [9.17, 15) is 0 Å². The van der Waals surface area contributed by atoms with Gasteiger partial charge in [0.2, 0.25) is 0 Å². The lowest BCUT2D eigenvalue weighted by atomic mass is 9.74. The quantitative estimate of drug-likeness (QED) is 0.174. The number of hydrogen-bond acceptors (Lipinski definition) is 2. The van der Waals surface area contributed by atoms with Crippen LogP contribution in [-0.4, -0.2) is 9.97 Å². The summed E-state index contributed by atoms with van der Waals surface area (Å²) in [5.41, 5.74) is 18.9. The summed E-state index contributed by atoms with van der Waals surface area (Å²) in [5, 5.41) is 4.89. The molecule has 0 saturated heterocycles. The summed E-state index contributed by atoms with van der Waals surface area (Å²) in [7, 11) is 0. The monoisotopic (exact) mass is 778 g/mol. The molecule has 61 heavy (non-hydrogen) atoms. The molecule has 2 nitrogen and oxygen atoms in total. The number of hydrogen-bond donors (Lipinski definition) is 0. The van der Waals surface area contributed by atoms with Crippen LogP contribution in [-0.2, 0) is 10.8 Å². The first-order valence-corrected chi connectivity index (χ1v) is 21.3. The van der Waals surface area contributed by atoms with Crippen molar-refractivity contribution >= 4 is 21.5 Å². The van der Waals surface area contributed by atoms with E-state index >= 15 is 0 Å². The van der Waals surface area contributed by atoms with E-state index < -0.39 is 0 Å². The van der Waals surface area contributed by atoms with Crippen molar-refractivity contribution in [2.75, 3.05) is 0 Å². The van der Waals surface area contributed by atoms with Crippen LogP contribution in [0.2, 0.25) is 0 Å². The molecule has 1 heterocycles. The first-order valence-electron chi connectivity index (χ1n) is 21.3. The van der Waals surface area contributed by atoms with E-state index in [0.29, 0.717) is 5.82 Å². The van der Waals surface area contributed by atoms with Gasteiger partial charge in [-0.25, -0.2) is 9.97 Å². The number of benzene rings is 9. The van der Waals surface area contributed by atoms with Crippen LogP contribution in [0.15, 0.2) is 200 Å². The standard InChI is InChI=1S/C59H42N2/c1-58(2)50-28-16-26-47(56(50)55-41-22-11-10-17-37(41)30-34-51(55)58)44-32-33-48(43-24-13-12-23-42(43)44)57-60-53(38-18-6-4-7-19-38)36-54(61-57)39-29-31-46-45-25-14-15-27-49(45)59(3,52(46)35-39)40-20-8-5-9-21-40/h4-36H,1-3H3. The second-order valence-corrected chi connectivity index (χ2v) is 17.4. The number of rotatable bonds is 5. The van der Waals surface area contributed by atoms with Crippen LogP contribution in [0.4, 0.5) is 0 Å². The van der Waals surface area contributed by atoms with Gasteiger partial charge >= 0.3 is 0 Å². The van der Waals surface area contributed by atoms with Gasteiger partial charge < -0.3 is 0 Å². The first kappa shape index (κ1) is 35.5. The normalized spacial score (nSPS) is 15.7. The Morgan fingerprint density at radius 3 is 1.72 bits per heavy atom. The smallest absolute Gasteiger partial charge is 0.161 e. The van der Waals surface area contributed by atoms with E-state index in [-0.39, 0.29) is 10.8 Å². The van der Waals surface area contributed by atoms with Crippen molar-refractivity contribution < 1.29 is 0 Å². The van der Waals surface area contributed by atoms with Crippen LogP contribution >= 0.6 is 0 Å². The fraction of sp³-hybridized carbons (Fsp3) is 0.0847. The molecular formula is C59H42N2. The van der Waals surface area contributed by atoms with Gasteiger partial charge in [-0.2, -0.15) is 0 Å². The number of aromatic nitrogens is 2. The molecular weight excluding hydrogens is 737 g/mol. The Bertz CT molecular complexity index is 3400. The molecule has 0 aliphatic heterocycles. The number of fused-ring (bicyclic) bond motifs is 9. The fourth-order valence-electron chi connectivity index (χ4n) is 10.7. The Balaban J connectivity index is 1.06. The lowest BCUT2D eigenvalue weighted by molar-refractivity contribution is 0.661. The van der Waals surface area contributed by atoms with Gasteiger partial charge in [0.05, 0.1) is 11.4 Å². The van der Waals surface area contributed by atoms with Gasteiger partial charge in [0.25, 0.3) is 0 Å². The molecule has 288 valence electrons. The zero-order valence-corrected chi connectivity index (χ0v) is 34.4.